The lowest BCUT2D eigenvalue weighted by Crippen LogP contribution is -2.26. The first-order valence-corrected chi connectivity index (χ1v) is 8.25. The summed E-state index contributed by atoms with van der Waals surface area (Å²) in [5.74, 6) is 0.507. The van der Waals surface area contributed by atoms with Crippen molar-refractivity contribution in [3.8, 4) is 5.75 Å². The van der Waals surface area contributed by atoms with Crippen LogP contribution in [0.1, 0.15) is 5.56 Å². The van der Waals surface area contributed by atoms with Crippen LogP contribution >= 0.6 is 11.6 Å². The van der Waals surface area contributed by atoms with E-state index in [4.69, 9.17) is 16.3 Å². The monoisotopic (exact) mass is 325 g/mol. The molecule has 2 rings (SSSR count). The molecule has 0 unspecified atom stereocenters. The minimum absolute atomic E-state index is 0.188. The summed E-state index contributed by atoms with van der Waals surface area (Å²) >= 11 is 5.89. The van der Waals surface area contributed by atoms with E-state index >= 15 is 0 Å². The Balaban J connectivity index is 2.01. The molecule has 2 aromatic rings. The van der Waals surface area contributed by atoms with Crippen molar-refractivity contribution in [3.63, 3.8) is 0 Å². The Labute approximate surface area is 129 Å². The van der Waals surface area contributed by atoms with Crippen molar-refractivity contribution in [3.05, 3.63) is 59.1 Å². The van der Waals surface area contributed by atoms with E-state index in [2.05, 4.69) is 4.72 Å². The fourth-order valence-corrected chi connectivity index (χ4v) is 3.15. The van der Waals surface area contributed by atoms with Crippen LogP contribution < -0.4 is 9.46 Å². The molecular formula is C15H16ClNO3S. The van der Waals surface area contributed by atoms with Gasteiger partial charge in [0, 0.05) is 17.6 Å². The van der Waals surface area contributed by atoms with Crippen LogP contribution in [0, 0.1) is 0 Å². The Morgan fingerprint density at radius 3 is 2.62 bits per heavy atom. The molecule has 6 heteroatoms. The first kappa shape index (κ1) is 15.8. The van der Waals surface area contributed by atoms with Crippen LogP contribution in [0.5, 0.6) is 5.75 Å². The van der Waals surface area contributed by atoms with E-state index in [9.17, 15) is 8.42 Å². The van der Waals surface area contributed by atoms with Crippen LogP contribution in [-0.4, -0.2) is 22.1 Å². The molecule has 0 aliphatic heterocycles. The van der Waals surface area contributed by atoms with Gasteiger partial charge in [0.2, 0.25) is 10.0 Å². The second kappa shape index (κ2) is 6.93. The van der Waals surface area contributed by atoms with Gasteiger partial charge in [0.05, 0.1) is 12.0 Å². The molecule has 0 heterocycles. The fraction of sp³-hybridized carbons (Fsp3) is 0.200. The highest BCUT2D eigenvalue weighted by atomic mass is 35.5. The molecule has 112 valence electrons. The van der Waals surface area contributed by atoms with Crippen LogP contribution in [0.15, 0.2) is 53.4 Å². The van der Waals surface area contributed by atoms with Gasteiger partial charge in [0.1, 0.15) is 5.75 Å². The summed E-state index contributed by atoms with van der Waals surface area (Å²) in [5, 5.41) is 0.642. The van der Waals surface area contributed by atoms with Crippen molar-refractivity contribution < 1.29 is 13.2 Å². The van der Waals surface area contributed by atoms with E-state index in [1.807, 2.05) is 18.2 Å². The lowest BCUT2D eigenvalue weighted by molar-refractivity contribution is 0.413. The molecule has 0 aromatic heterocycles. The second-order valence-electron chi connectivity index (χ2n) is 4.46. The molecule has 21 heavy (non-hydrogen) atoms. The third kappa shape index (κ3) is 4.46. The summed E-state index contributed by atoms with van der Waals surface area (Å²) < 4.78 is 31.9. The van der Waals surface area contributed by atoms with Gasteiger partial charge in [0.25, 0.3) is 0 Å². The number of benzene rings is 2. The smallest absolute Gasteiger partial charge is 0.240 e. The molecule has 0 aliphatic carbocycles. The van der Waals surface area contributed by atoms with Gasteiger partial charge in [-0.15, -0.1) is 0 Å². The van der Waals surface area contributed by atoms with Gasteiger partial charge in [-0.25, -0.2) is 13.1 Å². The summed E-state index contributed by atoms with van der Waals surface area (Å²) in [7, 11) is -2.04. The molecule has 4 nitrogen and oxygen atoms in total. The highest BCUT2D eigenvalue weighted by Crippen LogP contribution is 2.17. The molecule has 0 saturated carbocycles. The number of hydrogen-bond acceptors (Lipinski definition) is 3. The lowest BCUT2D eigenvalue weighted by atomic mass is 10.2. The minimum Gasteiger partial charge on any atom is -0.497 e. The Morgan fingerprint density at radius 2 is 1.90 bits per heavy atom. The maximum atomic E-state index is 12.2. The molecule has 0 spiro atoms. The van der Waals surface area contributed by atoms with E-state index in [1.165, 1.54) is 19.2 Å². The Bertz CT molecular complexity index is 716. The normalized spacial score (nSPS) is 11.3. The SMILES string of the molecule is COc1cccc(S(=O)(=O)NCCc2cccc(Cl)c2)c1. The van der Waals surface area contributed by atoms with E-state index in [-0.39, 0.29) is 4.90 Å². The van der Waals surface area contributed by atoms with Crippen molar-refractivity contribution in [1.82, 2.24) is 4.72 Å². The highest BCUT2D eigenvalue weighted by molar-refractivity contribution is 7.89. The quantitative estimate of drug-likeness (QED) is 0.888. The first-order valence-electron chi connectivity index (χ1n) is 6.39. The van der Waals surface area contributed by atoms with E-state index in [1.54, 1.807) is 18.2 Å². The number of hydrogen-bond donors (Lipinski definition) is 1. The first-order chi connectivity index (χ1) is 10.0. The van der Waals surface area contributed by atoms with Crippen molar-refractivity contribution in [1.29, 1.82) is 0 Å². The van der Waals surface area contributed by atoms with Crippen LogP contribution in [0.3, 0.4) is 0 Å². The summed E-state index contributed by atoms with van der Waals surface area (Å²) in [4.78, 5) is 0.188. The third-order valence-electron chi connectivity index (χ3n) is 2.95. The molecule has 2 aromatic carbocycles. The van der Waals surface area contributed by atoms with Crippen LogP contribution in [0.25, 0.3) is 0 Å². The predicted molar refractivity (Wildman–Crippen MR) is 83.3 cm³/mol. The topological polar surface area (TPSA) is 55.4 Å². The van der Waals surface area contributed by atoms with E-state index in [0.29, 0.717) is 23.7 Å². The second-order valence-corrected chi connectivity index (χ2v) is 6.66. The average molecular weight is 326 g/mol. The average Bonchev–Trinajstić information content (AvgIpc) is 2.47. The molecule has 0 amide bonds. The van der Waals surface area contributed by atoms with E-state index < -0.39 is 10.0 Å². The number of halogens is 1. The molecule has 0 saturated heterocycles. The van der Waals surface area contributed by atoms with Gasteiger partial charge in [-0.2, -0.15) is 0 Å². The fourth-order valence-electron chi connectivity index (χ4n) is 1.87. The van der Waals surface area contributed by atoms with Crippen LogP contribution in [0.2, 0.25) is 5.02 Å². The lowest BCUT2D eigenvalue weighted by Gasteiger charge is -2.08. The standard InChI is InChI=1S/C15H16ClNO3S/c1-20-14-6-3-7-15(11-14)21(18,19)17-9-8-12-4-2-5-13(16)10-12/h2-7,10-11,17H,8-9H2,1H3. The van der Waals surface area contributed by atoms with Gasteiger partial charge >= 0.3 is 0 Å². The molecule has 0 bridgehead atoms. The zero-order chi connectivity index (χ0) is 15.3. The predicted octanol–water partition coefficient (Wildman–Crippen LogP) is 2.87. The van der Waals surface area contributed by atoms with Crippen molar-refractivity contribution in [2.24, 2.45) is 0 Å². The van der Waals surface area contributed by atoms with E-state index in [0.717, 1.165) is 5.56 Å². The van der Waals surface area contributed by atoms with Gasteiger partial charge in [-0.3, -0.25) is 0 Å². The minimum atomic E-state index is -3.54. The number of nitrogens with one attached hydrogen (secondary N) is 1. The van der Waals surface area contributed by atoms with Crippen LogP contribution in [0.4, 0.5) is 0 Å². The number of methoxy groups -OCH3 is 1. The van der Waals surface area contributed by atoms with Crippen molar-refractivity contribution in [2.45, 2.75) is 11.3 Å². The third-order valence-corrected chi connectivity index (χ3v) is 4.64. The van der Waals surface area contributed by atoms with Crippen molar-refractivity contribution >= 4 is 21.6 Å². The number of ether oxygens (including phenoxy) is 1. The van der Waals surface area contributed by atoms with Crippen LogP contribution in [-0.2, 0) is 16.4 Å². The van der Waals surface area contributed by atoms with Gasteiger partial charge in [-0.05, 0) is 36.2 Å². The maximum Gasteiger partial charge on any atom is 0.240 e. The molecule has 1 N–H and O–H groups in total. The maximum absolute atomic E-state index is 12.2. The molecule has 0 atom stereocenters. The van der Waals surface area contributed by atoms with Gasteiger partial charge in [-0.1, -0.05) is 29.8 Å². The largest absolute Gasteiger partial charge is 0.497 e. The molecule has 0 radical (unpaired) electrons. The molecule has 0 aliphatic rings. The summed E-state index contributed by atoms with van der Waals surface area (Å²) in [6.45, 7) is 0.305. The highest BCUT2D eigenvalue weighted by Gasteiger charge is 2.13. The molecular weight excluding hydrogens is 310 g/mol. The van der Waals surface area contributed by atoms with Gasteiger partial charge in [0.15, 0.2) is 0 Å². The summed E-state index contributed by atoms with van der Waals surface area (Å²) in [5.41, 5.74) is 0.982. The number of sulfonamides is 1. The van der Waals surface area contributed by atoms with Crippen molar-refractivity contribution in [2.75, 3.05) is 13.7 Å². The Morgan fingerprint density at radius 1 is 1.14 bits per heavy atom. The zero-order valence-corrected chi connectivity index (χ0v) is 13.1. The Kier molecular flexibility index (Phi) is 5.22. The molecule has 0 fully saturated rings. The Hall–Kier alpha value is -1.56. The van der Waals surface area contributed by atoms with Gasteiger partial charge < -0.3 is 4.74 Å². The summed E-state index contributed by atoms with van der Waals surface area (Å²) in [6, 6.07) is 13.7. The zero-order valence-electron chi connectivity index (χ0n) is 11.5. The number of rotatable bonds is 6. The summed E-state index contributed by atoms with van der Waals surface area (Å²) in [6.07, 6.45) is 0.573.